The molecule has 1 heterocycles. The number of anilines is 1. The Hall–Kier alpha value is -3.86. The average Bonchev–Trinajstić information content (AvgIpc) is 3.18. The number of para-hydroxylation sites is 2. The third kappa shape index (κ3) is 4.57. The minimum atomic E-state index is -0.213. The molecule has 0 atom stereocenters. The summed E-state index contributed by atoms with van der Waals surface area (Å²) in [5.74, 6) is -0.387. The Kier molecular flexibility index (Phi) is 6.36. The van der Waals surface area contributed by atoms with Gasteiger partial charge in [0.25, 0.3) is 5.91 Å². The molecular formula is C27H27N3O2. The fourth-order valence-electron chi connectivity index (χ4n) is 3.96. The van der Waals surface area contributed by atoms with Crippen LogP contribution in [0.4, 0.5) is 5.69 Å². The summed E-state index contributed by atoms with van der Waals surface area (Å²) in [4.78, 5) is 27.4. The van der Waals surface area contributed by atoms with E-state index in [1.807, 2.05) is 79.9 Å². The molecule has 1 aromatic heterocycles. The highest BCUT2D eigenvalue weighted by molar-refractivity contribution is 6.08. The number of nitrogens with zero attached hydrogens (tertiary/aromatic N) is 2. The second-order valence-electron chi connectivity index (χ2n) is 7.89. The molecule has 3 aromatic carbocycles. The summed E-state index contributed by atoms with van der Waals surface area (Å²) in [5, 5.41) is 3.82. The van der Waals surface area contributed by atoms with Crippen molar-refractivity contribution in [1.29, 1.82) is 0 Å². The molecular weight excluding hydrogens is 398 g/mol. The molecule has 0 aliphatic heterocycles. The zero-order chi connectivity index (χ0) is 22.5. The lowest BCUT2D eigenvalue weighted by molar-refractivity contribution is -0.116. The maximum absolute atomic E-state index is 13.3. The Morgan fingerprint density at radius 1 is 0.906 bits per heavy atom. The zero-order valence-electron chi connectivity index (χ0n) is 18.4. The number of nitrogens with one attached hydrogen (secondary N) is 1. The van der Waals surface area contributed by atoms with Gasteiger partial charge in [-0.05, 0) is 29.7 Å². The third-order valence-corrected chi connectivity index (χ3v) is 5.61. The summed E-state index contributed by atoms with van der Waals surface area (Å²) < 4.78 is 2.09. The standard InChI is InChI=1S/C27H27N3O2/c1-3-21-13-7-9-15-24(21)28-26(31)19-29(2)27(32)23-18-30(17-20-11-5-4-6-12-20)25-16-10-8-14-22(23)25/h4-16,18H,3,17,19H2,1-2H3,(H,28,31). The Morgan fingerprint density at radius 3 is 2.38 bits per heavy atom. The van der Waals surface area contributed by atoms with Crippen LogP contribution in [0.2, 0.25) is 0 Å². The number of carbonyl (C=O) groups is 2. The van der Waals surface area contributed by atoms with E-state index in [-0.39, 0.29) is 18.4 Å². The zero-order valence-corrected chi connectivity index (χ0v) is 18.4. The maximum atomic E-state index is 13.3. The molecule has 5 nitrogen and oxygen atoms in total. The van der Waals surface area contributed by atoms with Gasteiger partial charge in [-0.2, -0.15) is 0 Å². The average molecular weight is 426 g/mol. The topological polar surface area (TPSA) is 54.3 Å². The molecule has 162 valence electrons. The summed E-state index contributed by atoms with van der Waals surface area (Å²) in [6.07, 6.45) is 2.72. The van der Waals surface area contributed by atoms with E-state index in [0.717, 1.165) is 34.1 Å². The van der Waals surface area contributed by atoms with Gasteiger partial charge in [0.1, 0.15) is 0 Å². The van der Waals surface area contributed by atoms with E-state index in [2.05, 4.69) is 22.0 Å². The fourth-order valence-corrected chi connectivity index (χ4v) is 3.96. The molecule has 0 fully saturated rings. The number of aromatic nitrogens is 1. The van der Waals surface area contributed by atoms with Crippen LogP contribution in [-0.2, 0) is 17.8 Å². The highest BCUT2D eigenvalue weighted by atomic mass is 16.2. The summed E-state index contributed by atoms with van der Waals surface area (Å²) >= 11 is 0. The molecule has 0 aliphatic carbocycles. The van der Waals surface area contributed by atoms with E-state index in [9.17, 15) is 9.59 Å². The molecule has 4 rings (SSSR count). The predicted octanol–water partition coefficient (Wildman–Crippen LogP) is 4.96. The first-order valence-electron chi connectivity index (χ1n) is 10.8. The van der Waals surface area contributed by atoms with Crippen molar-refractivity contribution in [3.05, 3.63) is 102 Å². The lowest BCUT2D eigenvalue weighted by atomic mass is 10.1. The van der Waals surface area contributed by atoms with Gasteiger partial charge in [-0.1, -0.05) is 73.7 Å². The Morgan fingerprint density at radius 2 is 1.59 bits per heavy atom. The number of aryl methyl sites for hydroxylation is 1. The second kappa shape index (κ2) is 9.52. The molecule has 4 aromatic rings. The van der Waals surface area contributed by atoms with Crippen LogP contribution < -0.4 is 5.32 Å². The number of amides is 2. The molecule has 5 heteroatoms. The Balaban J connectivity index is 1.53. The van der Waals surface area contributed by atoms with E-state index < -0.39 is 0 Å². The predicted molar refractivity (Wildman–Crippen MR) is 129 cm³/mol. The molecule has 0 saturated carbocycles. The summed E-state index contributed by atoms with van der Waals surface area (Å²) in [6, 6.07) is 25.8. The summed E-state index contributed by atoms with van der Waals surface area (Å²) in [5.41, 5.74) is 4.61. The minimum Gasteiger partial charge on any atom is -0.342 e. The number of carbonyl (C=O) groups excluding carboxylic acids is 2. The van der Waals surface area contributed by atoms with E-state index in [1.54, 1.807) is 7.05 Å². The quantitative estimate of drug-likeness (QED) is 0.455. The highest BCUT2D eigenvalue weighted by Gasteiger charge is 2.20. The van der Waals surface area contributed by atoms with Gasteiger partial charge in [-0.25, -0.2) is 0 Å². The van der Waals surface area contributed by atoms with Crippen molar-refractivity contribution in [1.82, 2.24) is 9.47 Å². The van der Waals surface area contributed by atoms with Gasteiger partial charge in [0.05, 0.1) is 12.1 Å². The van der Waals surface area contributed by atoms with Crippen molar-refractivity contribution < 1.29 is 9.59 Å². The van der Waals surface area contributed by atoms with Gasteiger partial charge in [0.15, 0.2) is 0 Å². The first-order valence-corrected chi connectivity index (χ1v) is 10.8. The SMILES string of the molecule is CCc1ccccc1NC(=O)CN(C)C(=O)c1cn(Cc2ccccc2)c2ccccc12. The van der Waals surface area contributed by atoms with Crippen molar-refractivity contribution in [2.24, 2.45) is 0 Å². The first-order chi connectivity index (χ1) is 15.6. The normalized spacial score (nSPS) is 10.8. The number of fused-ring (bicyclic) bond motifs is 1. The van der Waals surface area contributed by atoms with Crippen molar-refractivity contribution in [3.8, 4) is 0 Å². The molecule has 2 amide bonds. The smallest absolute Gasteiger partial charge is 0.256 e. The van der Waals surface area contributed by atoms with Crippen LogP contribution in [0.25, 0.3) is 10.9 Å². The van der Waals surface area contributed by atoms with Crippen LogP contribution in [0.5, 0.6) is 0 Å². The lowest BCUT2D eigenvalue weighted by Crippen LogP contribution is -2.35. The molecule has 32 heavy (non-hydrogen) atoms. The number of hydrogen-bond acceptors (Lipinski definition) is 2. The number of likely N-dealkylation sites (N-methyl/N-ethyl adjacent to an activating group) is 1. The van der Waals surface area contributed by atoms with Crippen LogP contribution in [-0.4, -0.2) is 34.9 Å². The largest absolute Gasteiger partial charge is 0.342 e. The third-order valence-electron chi connectivity index (χ3n) is 5.61. The Bertz CT molecular complexity index is 1240. The van der Waals surface area contributed by atoms with Gasteiger partial charge in [-0.3, -0.25) is 9.59 Å². The molecule has 0 radical (unpaired) electrons. The maximum Gasteiger partial charge on any atom is 0.256 e. The molecule has 0 bridgehead atoms. The summed E-state index contributed by atoms with van der Waals surface area (Å²) in [6.45, 7) is 2.70. The van der Waals surface area contributed by atoms with Crippen LogP contribution in [0.3, 0.4) is 0 Å². The van der Waals surface area contributed by atoms with Crippen LogP contribution in [0.1, 0.15) is 28.4 Å². The molecule has 0 aliphatic rings. The number of benzene rings is 3. The number of rotatable bonds is 7. The van der Waals surface area contributed by atoms with Crippen molar-refractivity contribution in [3.63, 3.8) is 0 Å². The monoisotopic (exact) mass is 425 g/mol. The van der Waals surface area contributed by atoms with E-state index in [0.29, 0.717) is 12.1 Å². The first kappa shape index (κ1) is 21.4. The van der Waals surface area contributed by atoms with E-state index >= 15 is 0 Å². The number of hydrogen-bond donors (Lipinski definition) is 1. The van der Waals surface area contributed by atoms with Crippen LogP contribution in [0.15, 0.2) is 85.1 Å². The van der Waals surface area contributed by atoms with Gasteiger partial charge in [0.2, 0.25) is 5.91 Å². The molecule has 0 unspecified atom stereocenters. The molecule has 1 N–H and O–H groups in total. The fraction of sp³-hybridized carbons (Fsp3) is 0.185. The summed E-state index contributed by atoms with van der Waals surface area (Å²) in [7, 11) is 1.66. The van der Waals surface area contributed by atoms with E-state index in [1.165, 1.54) is 4.90 Å². The minimum absolute atomic E-state index is 0.0188. The van der Waals surface area contributed by atoms with Gasteiger partial charge in [0, 0.05) is 36.4 Å². The van der Waals surface area contributed by atoms with Gasteiger partial charge in [-0.15, -0.1) is 0 Å². The highest BCUT2D eigenvalue weighted by Crippen LogP contribution is 2.24. The van der Waals surface area contributed by atoms with Crippen molar-refractivity contribution >= 4 is 28.4 Å². The second-order valence-corrected chi connectivity index (χ2v) is 7.89. The van der Waals surface area contributed by atoms with E-state index in [4.69, 9.17) is 0 Å². The Labute approximate surface area is 188 Å². The van der Waals surface area contributed by atoms with Crippen molar-refractivity contribution in [2.45, 2.75) is 19.9 Å². The molecule has 0 saturated heterocycles. The molecule has 0 spiro atoms. The van der Waals surface area contributed by atoms with Crippen LogP contribution in [0, 0.1) is 0 Å². The van der Waals surface area contributed by atoms with Crippen LogP contribution >= 0.6 is 0 Å². The van der Waals surface area contributed by atoms with Gasteiger partial charge >= 0.3 is 0 Å². The lowest BCUT2D eigenvalue weighted by Gasteiger charge is -2.17. The van der Waals surface area contributed by atoms with Crippen molar-refractivity contribution in [2.75, 3.05) is 18.9 Å². The van der Waals surface area contributed by atoms with Gasteiger partial charge < -0.3 is 14.8 Å².